The highest BCUT2D eigenvalue weighted by molar-refractivity contribution is 9.11. The van der Waals surface area contributed by atoms with Crippen molar-refractivity contribution in [2.75, 3.05) is 12.4 Å². The van der Waals surface area contributed by atoms with Crippen molar-refractivity contribution in [2.45, 2.75) is 57.7 Å². The van der Waals surface area contributed by atoms with E-state index in [0.29, 0.717) is 6.04 Å². The van der Waals surface area contributed by atoms with Gasteiger partial charge in [-0.15, -0.1) is 0 Å². The zero-order valence-electron chi connectivity index (χ0n) is 17.1. The number of hydrogen-bond donors (Lipinski definition) is 2. The summed E-state index contributed by atoms with van der Waals surface area (Å²) < 4.78 is 3.08. The number of amides is 1. The maximum atomic E-state index is 12.9. The fourth-order valence-electron chi connectivity index (χ4n) is 3.83. The fourth-order valence-corrected chi connectivity index (χ4v) is 5.24. The van der Waals surface area contributed by atoms with Crippen molar-refractivity contribution in [3.8, 4) is 0 Å². The van der Waals surface area contributed by atoms with Gasteiger partial charge in [0.15, 0.2) is 5.69 Å². The number of anilines is 1. The third kappa shape index (κ3) is 5.50. The number of aromatic nitrogens is 2. The number of nitrogens with zero attached hydrogens (tertiary/aromatic N) is 3. The van der Waals surface area contributed by atoms with Gasteiger partial charge in [-0.1, -0.05) is 35.2 Å². The molecular weight excluding hydrogens is 516 g/mol. The quantitative estimate of drug-likeness (QED) is 0.511. The van der Waals surface area contributed by atoms with E-state index in [-0.39, 0.29) is 11.6 Å². The molecule has 1 aliphatic carbocycles. The first-order valence-electron chi connectivity index (χ1n) is 10.0. The number of carboxylic acid groups (broad SMARTS) is 1. The normalized spacial score (nSPS) is 15.9. The summed E-state index contributed by atoms with van der Waals surface area (Å²) in [5.41, 5.74) is 1.65. The molecule has 1 aromatic heterocycles. The van der Waals surface area contributed by atoms with Gasteiger partial charge >= 0.3 is 5.97 Å². The van der Waals surface area contributed by atoms with Gasteiger partial charge in [-0.2, -0.15) is 5.10 Å². The van der Waals surface area contributed by atoms with Crippen molar-refractivity contribution in [1.29, 1.82) is 0 Å². The van der Waals surface area contributed by atoms with E-state index in [9.17, 15) is 9.59 Å². The minimum Gasteiger partial charge on any atom is -0.476 e. The van der Waals surface area contributed by atoms with Crippen LogP contribution in [0.15, 0.2) is 33.3 Å². The van der Waals surface area contributed by atoms with Gasteiger partial charge in [-0.3, -0.25) is 14.4 Å². The molecule has 1 atom stereocenters. The lowest BCUT2D eigenvalue weighted by Gasteiger charge is -2.32. The van der Waals surface area contributed by atoms with Crippen LogP contribution in [0.2, 0.25) is 0 Å². The Kier molecular flexibility index (Phi) is 7.70. The van der Waals surface area contributed by atoms with Gasteiger partial charge in [0.2, 0.25) is 5.91 Å². The average molecular weight is 542 g/mol. The highest BCUT2D eigenvalue weighted by Crippen LogP contribution is 2.33. The van der Waals surface area contributed by atoms with Crippen molar-refractivity contribution >= 4 is 49.4 Å². The molecule has 0 bridgehead atoms. The molecule has 3 rings (SSSR count). The molecule has 162 valence electrons. The average Bonchev–Trinajstić information content (AvgIpc) is 3.21. The van der Waals surface area contributed by atoms with E-state index < -0.39 is 12.0 Å². The molecule has 9 heteroatoms. The Morgan fingerprint density at radius 1 is 1.30 bits per heavy atom. The van der Waals surface area contributed by atoms with Crippen LogP contribution in [-0.2, 0) is 11.3 Å². The molecule has 0 aliphatic heterocycles. The van der Waals surface area contributed by atoms with Gasteiger partial charge in [0.05, 0.1) is 5.69 Å². The van der Waals surface area contributed by atoms with E-state index >= 15 is 0 Å². The molecule has 1 aromatic carbocycles. The van der Waals surface area contributed by atoms with Gasteiger partial charge in [0, 0.05) is 27.7 Å². The van der Waals surface area contributed by atoms with E-state index in [1.165, 1.54) is 49.0 Å². The second-order valence-electron chi connectivity index (χ2n) is 7.78. The lowest BCUT2D eigenvalue weighted by atomic mass is 9.94. The summed E-state index contributed by atoms with van der Waals surface area (Å²) in [6, 6.07) is 5.21. The lowest BCUT2D eigenvalue weighted by molar-refractivity contribution is -0.119. The van der Waals surface area contributed by atoms with E-state index in [1.54, 1.807) is 6.92 Å². The molecule has 0 saturated heterocycles. The second kappa shape index (κ2) is 10.1. The monoisotopic (exact) mass is 540 g/mol. The number of benzene rings is 1. The highest BCUT2D eigenvalue weighted by Gasteiger charge is 2.23. The summed E-state index contributed by atoms with van der Waals surface area (Å²) in [5.74, 6) is -1.38. The molecule has 2 N–H and O–H groups in total. The Morgan fingerprint density at radius 2 is 2.00 bits per heavy atom. The number of carbonyl (C=O) groups is 2. The SMILES string of the molecule is CC(C(=O)Nc1c(Br)cc(Br)cc1CN(C)C1CCCCC1)n1ccc(C(=O)O)n1. The van der Waals surface area contributed by atoms with Crippen LogP contribution in [0.3, 0.4) is 0 Å². The van der Waals surface area contributed by atoms with Crippen molar-refractivity contribution in [3.63, 3.8) is 0 Å². The first kappa shape index (κ1) is 23.0. The first-order chi connectivity index (χ1) is 14.3. The van der Waals surface area contributed by atoms with Crippen LogP contribution in [0, 0.1) is 0 Å². The number of nitrogens with one attached hydrogen (secondary N) is 1. The molecule has 1 saturated carbocycles. The van der Waals surface area contributed by atoms with Gasteiger partial charge in [-0.05, 0) is 66.5 Å². The summed E-state index contributed by atoms with van der Waals surface area (Å²) >= 11 is 7.13. The Labute approximate surface area is 193 Å². The fraction of sp³-hybridized carbons (Fsp3) is 0.476. The van der Waals surface area contributed by atoms with E-state index in [1.807, 2.05) is 12.1 Å². The Morgan fingerprint density at radius 3 is 2.63 bits per heavy atom. The number of carbonyl (C=O) groups excluding carboxylic acids is 1. The van der Waals surface area contributed by atoms with Crippen LogP contribution >= 0.6 is 31.9 Å². The third-order valence-electron chi connectivity index (χ3n) is 5.61. The zero-order valence-corrected chi connectivity index (χ0v) is 20.2. The molecule has 1 fully saturated rings. The zero-order chi connectivity index (χ0) is 21.8. The minimum absolute atomic E-state index is 0.0886. The summed E-state index contributed by atoms with van der Waals surface area (Å²) in [6.45, 7) is 2.41. The van der Waals surface area contributed by atoms with Crippen LogP contribution in [0.25, 0.3) is 0 Å². The molecule has 1 heterocycles. The van der Waals surface area contributed by atoms with Crippen molar-refractivity contribution < 1.29 is 14.7 Å². The summed E-state index contributed by atoms with van der Waals surface area (Å²) in [5, 5.41) is 16.0. The molecule has 1 unspecified atom stereocenters. The van der Waals surface area contributed by atoms with Gasteiger partial charge < -0.3 is 10.4 Å². The molecule has 1 amide bonds. The molecule has 7 nitrogen and oxygen atoms in total. The topological polar surface area (TPSA) is 87.5 Å². The van der Waals surface area contributed by atoms with E-state index in [4.69, 9.17) is 5.11 Å². The third-order valence-corrected chi connectivity index (χ3v) is 6.69. The Hall–Kier alpha value is -1.71. The maximum absolute atomic E-state index is 12.9. The molecule has 30 heavy (non-hydrogen) atoms. The number of halogens is 2. The highest BCUT2D eigenvalue weighted by atomic mass is 79.9. The van der Waals surface area contributed by atoms with Crippen molar-refractivity contribution in [2.24, 2.45) is 0 Å². The van der Waals surface area contributed by atoms with E-state index in [2.05, 4.69) is 54.2 Å². The minimum atomic E-state index is -1.12. The van der Waals surface area contributed by atoms with E-state index in [0.717, 1.165) is 26.7 Å². The second-order valence-corrected chi connectivity index (χ2v) is 9.55. The van der Waals surface area contributed by atoms with Gasteiger partial charge in [0.25, 0.3) is 0 Å². The molecular formula is C21H26Br2N4O3. The lowest BCUT2D eigenvalue weighted by Crippen LogP contribution is -2.33. The van der Waals surface area contributed by atoms with Crippen LogP contribution in [0.1, 0.15) is 61.1 Å². The predicted molar refractivity (Wildman–Crippen MR) is 123 cm³/mol. The number of carboxylic acids is 1. The van der Waals surface area contributed by atoms with Crippen LogP contribution in [-0.4, -0.2) is 44.8 Å². The number of aromatic carboxylic acids is 1. The maximum Gasteiger partial charge on any atom is 0.356 e. The van der Waals surface area contributed by atoms with Gasteiger partial charge in [0.1, 0.15) is 6.04 Å². The van der Waals surface area contributed by atoms with Crippen LogP contribution in [0.4, 0.5) is 5.69 Å². The van der Waals surface area contributed by atoms with Crippen LogP contribution in [0.5, 0.6) is 0 Å². The first-order valence-corrected chi connectivity index (χ1v) is 11.6. The van der Waals surface area contributed by atoms with Crippen molar-refractivity contribution in [1.82, 2.24) is 14.7 Å². The summed E-state index contributed by atoms with van der Waals surface area (Å²) in [7, 11) is 2.14. The molecule has 1 aliphatic rings. The molecule has 0 radical (unpaired) electrons. The number of rotatable bonds is 7. The predicted octanol–water partition coefficient (Wildman–Crippen LogP) is 5.07. The van der Waals surface area contributed by atoms with Crippen LogP contribution < -0.4 is 5.32 Å². The number of hydrogen-bond acceptors (Lipinski definition) is 4. The molecule has 0 spiro atoms. The molecule has 2 aromatic rings. The Balaban J connectivity index is 1.78. The largest absolute Gasteiger partial charge is 0.476 e. The van der Waals surface area contributed by atoms with Gasteiger partial charge in [-0.25, -0.2) is 4.79 Å². The summed E-state index contributed by atoms with van der Waals surface area (Å²) in [4.78, 5) is 26.3. The Bertz CT molecular complexity index is 925. The summed E-state index contributed by atoms with van der Waals surface area (Å²) in [6.07, 6.45) is 7.75. The van der Waals surface area contributed by atoms with Crippen molar-refractivity contribution in [3.05, 3.63) is 44.6 Å². The smallest absolute Gasteiger partial charge is 0.356 e. The standard InChI is InChI=1S/C21H26Br2N4O3/c1-13(27-9-8-18(25-27)21(29)30)20(28)24-19-14(10-15(22)11-17(19)23)12-26(2)16-6-4-3-5-7-16/h8-11,13,16H,3-7,12H2,1-2H3,(H,24,28)(H,29,30).